The minimum Gasteiger partial charge on any atom is -0.469 e. The Morgan fingerprint density at radius 1 is 1.25 bits per heavy atom. The predicted molar refractivity (Wildman–Crippen MR) is 61.2 cm³/mol. The van der Waals surface area contributed by atoms with Gasteiger partial charge >= 0.3 is 13.6 Å². The second kappa shape index (κ2) is 6.38. The standard InChI is InChI=1S/C10H21O5P/c1-4-6-10(7-5-2,16(12,13)14)8-9(11)15-3/h4-8H2,1-3H3,(H2,12,13,14). The highest BCUT2D eigenvalue weighted by molar-refractivity contribution is 7.53. The molecule has 2 N–H and O–H groups in total. The molecule has 0 aromatic heterocycles. The molecule has 6 heteroatoms. The van der Waals surface area contributed by atoms with Crippen LogP contribution >= 0.6 is 7.60 Å². The second-order valence-electron chi connectivity index (χ2n) is 4.02. The fraction of sp³-hybridized carbons (Fsp3) is 0.900. The molecule has 0 heterocycles. The van der Waals surface area contributed by atoms with E-state index in [1.54, 1.807) is 0 Å². The van der Waals surface area contributed by atoms with Crippen LogP contribution in [0.15, 0.2) is 0 Å². The van der Waals surface area contributed by atoms with Crippen molar-refractivity contribution in [1.82, 2.24) is 0 Å². The third-order valence-corrected chi connectivity index (χ3v) is 4.59. The van der Waals surface area contributed by atoms with Crippen LogP contribution in [0, 0.1) is 0 Å². The van der Waals surface area contributed by atoms with Gasteiger partial charge < -0.3 is 14.5 Å². The summed E-state index contributed by atoms with van der Waals surface area (Å²) in [7, 11) is -3.08. The fourth-order valence-corrected chi connectivity index (χ4v) is 3.33. The van der Waals surface area contributed by atoms with Crippen molar-refractivity contribution in [3.8, 4) is 0 Å². The number of carbonyl (C=O) groups is 1. The van der Waals surface area contributed by atoms with Gasteiger partial charge in [-0.1, -0.05) is 26.7 Å². The Balaban J connectivity index is 5.09. The molecule has 96 valence electrons. The van der Waals surface area contributed by atoms with Crippen LogP contribution in [0.25, 0.3) is 0 Å². The first kappa shape index (κ1) is 15.6. The van der Waals surface area contributed by atoms with Crippen molar-refractivity contribution in [1.29, 1.82) is 0 Å². The number of methoxy groups -OCH3 is 1. The van der Waals surface area contributed by atoms with E-state index in [1.807, 2.05) is 13.8 Å². The third-order valence-electron chi connectivity index (χ3n) is 2.75. The summed E-state index contributed by atoms with van der Waals surface area (Å²) in [5.74, 6) is -0.565. The molecule has 0 unspecified atom stereocenters. The molecule has 16 heavy (non-hydrogen) atoms. The lowest BCUT2D eigenvalue weighted by Crippen LogP contribution is -2.32. The first-order chi connectivity index (χ1) is 7.33. The Hall–Kier alpha value is -0.380. The lowest BCUT2D eigenvalue weighted by molar-refractivity contribution is -0.141. The van der Waals surface area contributed by atoms with E-state index >= 15 is 0 Å². The monoisotopic (exact) mass is 252 g/mol. The van der Waals surface area contributed by atoms with Gasteiger partial charge in [-0.15, -0.1) is 0 Å². The van der Waals surface area contributed by atoms with Gasteiger partial charge in [0, 0.05) is 0 Å². The van der Waals surface area contributed by atoms with Gasteiger partial charge in [0.1, 0.15) is 0 Å². The Labute approximate surface area is 96.4 Å². The van der Waals surface area contributed by atoms with Crippen LogP contribution in [0.1, 0.15) is 46.0 Å². The van der Waals surface area contributed by atoms with E-state index in [0.29, 0.717) is 25.7 Å². The molecule has 0 amide bonds. The van der Waals surface area contributed by atoms with Crippen molar-refractivity contribution in [2.24, 2.45) is 0 Å². The Morgan fingerprint density at radius 3 is 1.94 bits per heavy atom. The molecule has 0 saturated carbocycles. The molecule has 0 aliphatic rings. The average Bonchev–Trinajstić information content (AvgIpc) is 2.16. The molecule has 0 bridgehead atoms. The summed E-state index contributed by atoms with van der Waals surface area (Å²) in [5, 5.41) is -1.25. The van der Waals surface area contributed by atoms with Gasteiger partial charge in [-0.25, -0.2) is 0 Å². The van der Waals surface area contributed by atoms with E-state index in [-0.39, 0.29) is 6.42 Å². The number of rotatable bonds is 7. The van der Waals surface area contributed by atoms with Crippen LogP contribution in [0.4, 0.5) is 0 Å². The molecule has 0 aromatic rings. The molecule has 0 aliphatic heterocycles. The summed E-state index contributed by atoms with van der Waals surface area (Å²) >= 11 is 0. The maximum Gasteiger partial charge on any atom is 0.332 e. The summed E-state index contributed by atoms with van der Waals surface area (Å²) in [6.45, 7) is 3.69. The van der Waals surface area contributed by atoms with Gasteiger partial charge in [0.15, 0.2) is 0 Å². The highest BCUT2D eigenvalue weighted by Crippen LogP contribution is 2.57. The van der Waals surface area contributed by atoms with Crippen molar-refractivity contribution >= 4 is 13.6 Å². The maximum absolute atomic E-state index is 11.6. The zero-order chi connectivity index (χ0) is 12.8. The summed E-state index contributed by atoms with van der Waals surface area (Å²) in [4.78, 5) is 30.1. The van der Waals surface area contributed by atoms with Crippen molar-refractivity contribution in [2.45, 2.75) is 51.1 Å². The highest BCUT2D eigenvalue weighted by atomic mass is 31.2. The van der Waals surface area contributed by atoms with Crippen LogP contribution in [0.2, 0.25) is 0 Å². The topological polar surface area (TPSA) is 83.8 Å². The fourth-order valence-electron chi connectivity index (χ4n) is 1.97. The number of ether oxygens (including phenoxy) is 1. The van der Waals surface area contributed by atoms with Crippen LogP contribution in [0.3, 0.4) is 0 Å². The van der Waals surface area contributed by atoms with Gasteiger partial charge in [0.2, 0.25) is 0 Å². The SMILES string of the molecule is CCCC(CCC)(CC(=O)OC)P(=O)(O)O. The lowest BCUT2D eigenvalue weighted by Gasteiger charge is -2.32. The molecule has 0 aliphatic carbocycles. The first-order valence-corrected chi connectivity index (χ1v) is 7.06. The Morgan fingerprint density at radius 2 is 1.69 bits per heavy atom. The minimum absolute atomic E-state index is 0.213. The van der Waals surface area contributed by atoms with Crippen molar-refractivity contribution in [2.75, 3.05) is 7.11 Å². The van der Waals surface area contributed by atoms with Gasteiger partial charge in [-0.05, 0) is 12.8 Å². The molecular weight excluding hydrogens is 231 g/mol. The van der Waals surface area contributed by atoms with Crippen molar-refractivity contribution in [3.05, 3.63) is 0 Å². The van der Waals surface area contributed by atoms with E-state index in [2.05, 4.69) is 4.74 Å². The molecule has 0 fully saturated rings. The quantitative estimate of drug-likeness (QED) is 0.535. The van der Waals surface area contributed by atoms with Crippen LogP contribution in [0.5, 0.6) is 0 Å². The van der Waals surface area contributed by atoms with Crippen LogP contribution in [-0.2, 0) is 14.1 Å². The van der Waals surface area contributed by atoms with Crippen molar-refractivity contribution < 1.29 is 23.9 Å². The molecule has 0 saturated heterocycles. The molecule has 0 radical (unpaired) electrons. The van der Waals surface area contributed by atoms with E-state index in [1.165, 1.54) is 7.11 Å². The average molecular weight is 252 g/mol. The Bertz CT molecular complexity index is 264. The van der Waals surface area contributed by atoms with Crippen LogP contribution < -0.4 is 0 Å². The normalized spacial score (nSPS) is 12.6. The second-order valence-corrected chi connectivity index (χ2v) is 6.06. The van der Waals surface area contributed by atoms with Gasteiger partial charge in [0.05, 0.1) is 18.7 Å². The zero-order valence-corrected chi connectivity index (χ0v) is 11.0. The highest BCUT2D eigenvalue weighted by Gasteiger charge is 2.46. The number of esters is 1. The summed E-state index contributed by atoms with van der Waals surface area (Å²) in [5.41, 5.74) is 0. The van der Waals surface area contributed by atoms with E-state index < -0.39 is 18.7 Å². The van der Waals surface area contributed by atoms with Crippen LogP contribution in [-0.4, -0.2) is 28.0 Å². The summed E-state index contributed by atoms with van der Waals surface area (Å²) in [6, 6.07) is 0. The summed E-state index contributed by atoms with van der Waals surface area (Å²) in [6.07, 6.45) is 1.71. The lowest BCUT2D eigenvalue weighted by atomic mass is 9.93. The van der Waals surface area contributed by atoms with Gasteiger partial charge in [-0.3, -0.25) is 9.36 Å². The van der Waals surface area contributed by atoms with Gasteiger partial charge in [0.25, 0.3) is 0 Å². The smallest absolute Gasteiger partial charge is 0.332 e. The third kappa shape index (κ3) is 3.89. The molecule has 5 nitrogen and oxygen atoms in total. The Kier molecular flexibility index (Phi) is 6.23. The number of carbonyl (C=O) groups excluding carboxylic acids is 1. The minimum atomic E-state index is -4.31. The van der Waals surface area contributed by atoms with Gasteiger partial charge in [-0.2, -0.15) is 0 Å². The van der Waals surface area contributed by atoms with E-state index in [0.717, 1.165) is 0 Å². The zero-order valence-electron chi connectivity index (χ0n) is 10.1. The first-order valence-electron chi connectivity index (χ1n) is 5.45. The van der Waals surface area contributed by atoms with E-state index in [9.17, 15) is 19.1 Å². The molecule has 0 rings (SSSR count). The molecule has 0 atom stereocenters. The molecule has 0 spiro atoms. The van der Waals surface area contributed by atoms with E-state index in [4.69, 9.17) is 0 Å². The number of hydrogen-bond acceptors (Lipinski definition) is 3. The maximum atomic E-state index is 11.6. The summed E-state index contributed by atoms with van der Waals surface area (Å²) < 4.78 is 16.1. The number of hydrogen-bond donors (Lipinski definition) is 2. The van der Waals surface area contributed by atoms with Crippen molar-refractivity contribution in [3.63, 3.8) is 0 Å². The largest absolute Gasteiger partial charge is 0.469 e. The molecular formula is C10H21O5P. The predicted octanol–water partition coefficient (Wildman–Crippen LogP) is 2.07. The molecule has 0 aromatic carbocycles.